The Morgan fingerprint density at radius 1 is 1.64 bits per heavy atom. The number of rotatable bonds is 3. The van der Waals surface area contributed by atoms with Crippen LogP contribution in [-0.4, -0.2) is 10.9 Å². The lowest BCUT2D eigenvalue weighted by Gasteiger charge is -1.90. The van der Waals surface area contributed by atoms with E-state index in [0.29, 0.717) is 0 Å². The molecule has 0 aliphatic heterocycles. The Balaban J connectivity index is 2.86. The zero-order chi connectivity index (χ0) is 8.27. The average molecular weight is 151 g/mol. The summed E-state index contributed by atoms with van der Waals surface area (Å²) < 4.78 is 1.86. The number of aldehydes is 1. The summed E-state index contributed by atoms with van der Waals surface area (Å²) >= 11 is 0. The molecule has 11 heavy (non-hydrogen) atoms. The van der Waals surface area contributed by atoms with Gasteiger partial charge < -0.3 is 4.57 Å². The van der Waals surface area contributed by atoms with E-state index in [9.17, 15) is 4.79 Å². The molecule has 0 aliphatic rings. The molecule has 60 valence electrons. The lowest BCUT2D eigenvalue weighted by atomic mass is 10.2. The molecule has 2 heteroatoms. The number of nitrogens with zero attached hydrogens (tertiary/aromatic N) is 1. The molecule has 0 radical (unpaired) electrons. The molecule has 0 saturated carbocycles. The number of aromatic nitrogens is 1. The SMILES string of the molecule is CCCc1cc(C=O)n(C)c1. The number of hydrogen-bond donors (Lipinski definition) is 0. The fraction of sp³-hybridized carbons (Fsp3) is 0.444. The largest absolute Gasteiger partial charge is 0.348 e. The molecule has 0 spiro atoms. The highest BCUT2D eigenvalue weighted by atomic mass is 16.1. The summed E-state index contributed by atoms with van der Waals surface area (Å²) in [7, 11) is 1.89. The van der Waals surface area contributed by atoms with E-state index in [4.69, 9.17) is 0 Å². The Kier molecular flexibility index (Phi) is 2.47. The van der Waals surface area contributed by atoms with Gasteiger partial charge in [-0.15, -0.1) is 0 Å². The first kappa shape index (κ1) is 8.05. The second-order valence-electron chi connectivity index (χ2n) is 2.75. The average Bonchev–Trinajstić information content (AvgIpc) is 2.32. The third-order valence-electron chi connectivity index (χ3n) is 1.76. The van der Waals surface area contributed by atoms with Gasteiger partial charge in [0.25, 0.3) is 0 Å². The molecule has 0 fully saturated rings. The van der Waals surface area contributed by atoms with Crippen molar-refractivity contribution in [3.05, 3.63) is 23.5 Å². The fourth-order valence-electron chi connectivity index (χ4n) is 1.19. The van der Waals surface area contributed by atoms with Crippen molar-refractivity contribution in [1.82, 2.24) is 4.57 Å². The van der Waals surface area contributed by atoms with Crippen molar-refractivity contribution in [1.29, 1.82) is 0 Å². The van der Waals surface area contributed by atoms with Crippen LogP contribution in [0.1, 0.15) is 29.4 Å². The van der Waals surface area contributed by atoms with Gasteiger partial charge in [-0.1, -0.05) is 13.3 Å². The van der Waals surface area contributed by atoms with Crippen LogP contribution < -0.4 is 0 Å². The van der Waals surface area contributed by atoms with Crippen LogP contribution in [0.2, 0.25) is 0 Å². The second kappa shape index (κ2) is 3.37. The monoisotopic (exact) mass is 151 g/mol. The molecule has 0 atom stereocenters. The van der Waals surface area contributed by atoms with Gasteiger partial charge in [0.1, 0.15) is 0 Å². The molecule has 1 aromatic rings. The smallest absolute Gasteiger partial charge is 0.166 e. The van der Waals surface area contributed by atoms with Gasteiger partial charge in [-0.25, -0.2) is 0 Å². The number of aryl methyl sites for hydroxylation is 2. The van der Waals surface area contributed by atoms with Gasteiger partial charge in [0.05, 0.1) is 5.69 Å². The minimum absolute atomic E-state index is 0.758. The minimum Gasteiger partial charge on any atom is -0.348 e. The van der Waals surface area contributed by atoms with Gasteiger partial charge in [-0.2, -0.15) is 0 Å². The molecule has 2 nitrogen and oxygen atoms in total. The molecule has 0 bridgehead atoms. The van der Waals surface area contributed by atoms with Crippen molar-refractivity contribution >= 4 is 6.29 Å². The highest BCUT2D eigenvalue weighted by molar-refractivity contribution is 5.72. The summed E-state index contributed by atoms with van der Waals surface area (Å²) in [6.45, 7) is 2.13. The van der Waals surface area contributed by atoms with E-state index in [1.54, 1.807) is 0 Å². The summed E-state index contributed by atoms with van der Waals surface area (Å²) in [5.74, 6) is 0. The van der Waals surface area contributed by atoms with Crippen LogP contribution in [-0.2, 0) is 13.5 Å². The maximum Gasteiger partial charge on any atom is 0.166 e. The van der Waals surface area contributed by atoms with Crippen LogP contribution in [0.5, 0.6) is 0 Å². The predicted octanol–water partition coefficient (Wildman–Crippen LogP) is 1.79. The van der Waals surface area contributed by atoms with Crippen molar-refractivity contribution in [3.63, 3.8) is 0 Å². The Hall–Kier alpha value is -1.05. The van der Waals surface area contributed by atoms with Crippen LogP contribution in [0.4, 0.5) is 0 Å². The Morgan fingerprint density at radius 3 is 2.82 bits per heavy atom. The van der Waals surface area contributed by atoms with Crippen LogP contribution in [0.25, 0.3) is 0 Å². The summed E-state index contributed by atoms with van der Waals surface area (Å²) in [4.78, 5) is 10.4. The van der Waals surface area contributed by atoms with Crippen LogP contribution in [0.15, 0.2) is 12.3 Å². The Bertz CT molecular complexity index is 250. The van der Waals surface area contributed by atoms with Crippen molar-refractivity contribution in [3.8, 4) is 0 Å². The molecule has 1 rings (SSSR count). The third kappa shape index (κ3) is 1.70. The van der Waals surface area contributed by atoms with Gasteiger partial charge in [-0.05, 0) is 18.1 Å². The number of hydrogen-bond acceptors (Lipinski definition) is 1. The molecule has 1 heterocycles. The van der Waals surface area contributed by atoms with Gasteiger partial charge in [-0.3, -0.25) is 4.79 Å². The Labute approximate surface area is 66.8 Å². The second-order valence-corrected chi connectivity index (χ2v) is 2.75. The van der Waals surface area contributed by atoms with E-state index >= 15 is 0 Å². The molecule has 1 aromatic heterocycles. The molecule has 0 unspecified atom stereocenters. The molecular formula is C9H13NO. The quantitative estimate of drug-likeness (QED) is 0.604. The van der Waals surface area contributed by atoms with E-state index in [1.807, 2.05) is 23.9 Å². The maximum absolute atomic E-state index is 10.4. The van der Waals surface area contributed by atoms with Crippen molar-refractivity contribution in [2.75, 3.05) is 0 Å². The number of carbonyl (C=O) groups is 1. The summed E-state index contributed by atoms with van der Waals surface area (Å²) in [5, 5.41) is 0. The fourth-order valence-corrected chi connectivity index (χ4v) is 1.19. The van der Waals surface area contributed by atoms with Gasteiger partial charge in [0.2, 0.25) is 0 Å². The van der Waals surface area contributed by atoms with Gasteiger partial charge in [0.15, 0.2) is 6.29 Å². The van der Waals surface area contributed by atoms with Crippen LogP contribution >= 0.6 is 0 Å². The normalized spacial score (nSPS) is 10.0. The lowest BCUT2D eigenvalue weighted by Crippen LogP contribution is -1.90. The van der Waals surface area contributed by atoms with Crippen molar-refractivity contribution in [2.24, 2.45) is 7.05 Å². The highest BCUT2D eigenvalue weighted by Crippen LogP contribution is 2.06. The van der Waals surface area contributed by atoms with Crippen LogP contribution in [0.3, 0.4) is 0 Å². The third-order valence-corrected chi connectivity index (χ3v) is 1.76. The van der Waals surface area contributed by atoms with E-state index in [1.165, 1.54) is 5.56 Å². The van der Waals surface area contributed by atoms with E-state index in [0.717, 1.165) is 24.8 Å². The molecule has 0 amide bonds. The van der Waals surface area contributed by atoms with Crippen molar-refractivity contribution < 1.29 is 4.79 Å². The molecule has 0 N–H and O–H groups in total. The summed E-state index contributed by atoms with van der Waals surface area (Å²) in [6.07, 6.45) is 5.08. The summed E-state index contributed by atoms with van der Waals surface area (Å²) in [6, 6.07) is 1.94. The van der Waals surface area contributed by atoms with E-state index in [2.05, 4.69) is 6.92 Å². The zero-order valence-electron chi connectivity index (χ0n) is 7.00. The Morgan fingerprint density at radius 2 is 2.36 bits per heavy atom. The van der Waals surface area contributed by atoms with Crippen molar-refractivity contribution in [2.45, 2.75) is 19.8 Å². The van der Waals surface area contributed by atoms with E-state index in [-0.39, 0.29) is 0 Å². The number of carbonyl (C=O) groups excluding carboxylic acids is 1. The molecule has 0 saturated heterocycles. The first-order valence-corrected chi connectivity index (χ1v) is 3.88. The predicted molar refractivity (Wildman–Crippen MR) is 44.8 cm³/mol. The minimum atomic E-state index is 0.758. The molecule has 0 aliphatic carbocycles. The van der Waals surface area contributed by atoms with Gasteiger partial charge in [0, 0.05) is 13.2 Å². The lowest BCUT2D eigenvalue weighted by molar-refractivity contribution is 0.111. The topological polar surface area (TPSA) is 22.0 Å². The van der Waals surface area contributed by atoms with Crippen LogP contribution in [0, 0.1) is 0 Å². The zero-order valence-corrected chi connectivity index (χ0v) is 7.00. The van der Waals surface area contributed by atoms with Gasteiger partial charge >= 0.3 is 0 Å². The summed E-state index contributed by atoms with van der Waals surface area (Å²) in [5.41, 5.74) is 2.01. The highest BCUT2D eigenvalue weighted by Gasteiger charge is 1.99. The maximum atomic E-state index is 10.4. The standard InChI is InChI=1S/C9H13NO/c1-3-4-8-5-9(7-11)10(2)6-8/h5-7H,3-4H2,1-2H3. The first-order valence-electron chi connectivity index (χ1n) is 3.88. The van der Waals surface area contributed by atoms with E-state index < -0.39 is 0 Å². The molecular weight excluding hydrogens is 138 g/mol. The first-order chi connectivity index (χ1) is 5.27. The molecule has 0 aromatic carbocycles.